The monoisotopic (exact) mass is 344 g/mol. The van der Waals surface area contributed by atoms with Crippen molar-refractivity contribution in [1.29, 1.82) is 0 Å². The molecule has 0 fully saturated rings. The molecule has 3 heteroatoms. The molecule has 0 spiro atoms. The second-order valence-electron chi connectivity index (χ2n) is 6.64. The van der Waals surface area contributed by atoms with E-state index in [0.29, 0.717) is 0 Å². The standard InChI is InChI=1S/C23H24N2O/c1-26-23-17-9-3-2-8-16(17)13-14-20(23)22-19(11-6-7-15-24)18-10-4-5-12-21(18)25-22/h2-5,8-10,12-14,25H,6-7,11,15,24H2,1H3. The molecule has 0 aliphatic carbocycles. The average Bonchev–Trinajstić information content (AvgIpc) is 3.06. The van der Waals surface area contributed by atoms with Gasteiger partial charge in [-0.2, -0.15) is 0 Å². The number of rotatable bonds is 6. The summed E-state index contributed by atoms with van der Waals surface area (Å²) in [6.07, 6.45) is 3.13. The molecular weight excluding hydrogens is 320 g/mol. The second kappa shape index (κ2) is 7.22. The Hall–Kier alpha value is -2.78. The van der Waals surface area contributed by atoms with E-state index in [1.54, 1.807) is 7.11 Å². The Labute approximate surface area is 153 Å². The van der Waals surface area contributed by atoms with Crippen molar-refractivity contribution < 1.29 is 4.74 Å². The molecule has 3 nitrogen and oxygen atoms in total. The maximum atomic E-state index is 5.85. The molecule has 3 N–H and O–H groups in total. The molecule has 0 unspecified atom stereocenters. The molecule has 0 saturated carbocycles. The largest absolute Gasteiger partial charge is 0.495 e. The van der Waals surface area contributed by atoms with Crippen molar-refractivity contribution in [3.05, 3.63) is 66.2 Å². The van der Waals surface area contributed by atoms with Crippen molar-refractivity contribution in [1.82, 2.24) is 4.98 Å². The Kier molecular flexibility index (Phi) is 4.63. The fourth-order valence-corrected chi connectivity index (χ4v) is 3.80. The molecule has 0 aliphatic heterocycles. The number of unbranched alkanes of at least 4 members (excludes halogenated alkanes) is 1. The van der Waals surface area contributed by atoms with Crippen LogP contribution in [0.15, 0.2) is 60.7 Å². The van der Waals surface area contributed by atoms with Gasteiger partial charge in [-0.15, -0.1) is 0 Å². The smallest absolute Gasteiger partial charge is 0.136 e. The van der Waals surface area contributed by atoms with E-state index < -0.39 is 0 Å². The van der Waals surface area contributed by atoms with Crippen LogP contribution in [-0.2, 0) is 6.42 Å². The molecule has 1 heterocycles. The van der Waals surface area contributed by atoms with Gasteiger partial charge in [-0.1, -0.05) is 48.5 Å². The fraction of sp³-hybridized carbons (Fsp3) is 0.217. The van der Waals surface area contributed by atoms with Crippen LogP contribution in [0.3, 0.4) is 0 Å². The minimum absolute atomic E-state index is 0.733. The molecule has 0 atom stereocenters. The number of aromatic nitrogens is 1. The number of ether oxygens (including phenoxy) is 1. The quantitative estimate of drug-likeness (QED) is 0.468. The van der Waals surface area contributed by atoms with Crippen molar-refractivity contribution in [2.24, 2.45) is 5.73 Å². The van der Waals surface area contributed by atoms with Crippen LogP contribution in [0.25, 0.3) is 32.9 Å². The van der Waals surface area contributed by atoms with E-state index in [1.807, 2.05) is 0 Å². The van der Waals surface area contributed by atoms with Gasteiger partial charge in [-0.3, -0.25) is 0 Å². The number of fused-ring (bicyclic) bond motifs is 2. The first-order chi connectivity index (χ1) is 12.8. The Morgan fingerprint density at radius 3 is 2.46 bits per heavy atom. The van der Waals surface area contributed by atoms with Gasteiger partial charge in [0, 0.05) is 21.9 Å². The first-order valence-electron chi connectivity index (χ1n) is 9.19. The summed E-state index contributed by atoms with van der Waals surface area (Å²) in [6.45, 7) is 0.733. The molecular formula is C23H24N2O. The van der Waals surface area contributed by atoms with Crippen molar-refractivity contribution >= 4 is 21.7 Å². The molecule has 4 rings (SSSR count). The molecule has 0 amide bonds. The van der Waals surface area contributed by atoms with E-state index in [2.05, 4.69) is 65.6 Å². The van der Waals surface area contributed by atoms with Gasteiger partial charge in [0.25, 0.3) is 0 Å². The molecule has 1 aromatic heterocycles. The van der Waals surface area contributed by atoms with Gasteiger partial charge in [0.2, 0.25) is 0 Å². The lowest BCUT2D eigenvalue weighted by molar-refractivity contribution is 0.421. The molecule has 0 radical (unpaired) electrons. The van der Waals surface area contributed by atoms with Crippen LogP contribution in [0.4, 0.5) is 0 Å². The highest BCUT2D eigenvalue weighted by atomic mass is 16.5. The lowest BCUT2D eigenvalue weighted by Crippen LogP contribution is -1.99. The lowest BCUT2D eigenvalue weighted by Gasteiger charge is -2.13. The van der Waals surface area contributed by atoms with E-state index in [-0.39, 0.29) is 0 Å². The number of nitrogens with two attached hydrogens (primary N) is 1. The lowest BCUT2D eigenvalue weighted by atomic mass is 9.97. The zero-order chi connectivity index (χ0) is 17.9. The van der Waals surface area contributed by atoms with Crippen molar-refractivity contribution in [2.75, 3.05) is 13.7 Å². The number of hydrogen-bond acceptors (Lipinski definition) is 2. The minimum atomic E-state index is 0.733. The van der Waals surface area contributed by atoms with Crippen LogP contribution in [-0.4, -0.2) is 18.6 Å². The molecule has 0 bridgehead atoms. The SMILES string of the molecule is COc1c(-c2[nH]c3ccccc3c2CCCCN)ccc2ccccc12. The van der Waals surface area contributed by atoms with Gasteiger partial charge in [-0.25, -0.2) is 0 Å². The first-order valence-corrected chi connectivity index (χ1v) is 9.19. The molecule has 3 aromatic carbocycles. The number of benzene rings is 3. The number of aryl methyl sites for hydroxylation is 1. The molecule has 26 heavy (non-hydrogen) atoms. The van der Waals surface area contributed by atoms with E-state index in [4.69, 9.17) is 10.5 Å². The Balaban J connectivity index is 1.93. The van der Waals surface area contributed by atoms with Crippen molar-refractivity contribution in [3.63, 3.8) is 0 Å². The molecule has 0 aliphatic rings. The molecule has 0 saturated heterocycles. The average molecular weight is 344 g/mol. The van der Waals surface area contributed by atoms with E-state index in [1.165, 1.54) is 21.9 Å². The maximum absolute atomic E-state index is 5.85. The number of para-hydroxylation sites is 1. The molecule has 4 aromatic rings. The Bertz CT molecular complexity index is 1050. The predicted molar refractivity (Wildman–Crippen MR) is 110 cm³/mol. The van der Waals surface area contributed by atoms with Crippen LogP contribution in [0.5, 0.6) is 5.75 Å². The normalized spacial score (nSPS) is 11.3. The summed E-state index contributed by atoms with van der Waals surface area (Å²) in [5, 5.41) is 3.61. The first kappa shape index (κ1) is 16.7. The van der Waals surface area contributed by atoms with Crippen LogP contribution in [0, 0.1) is 0 Å². The summed E-state index contributed by atoms with van der Waals surface area (Å²) in [5.74, 6) is 0.926. The number of methoxy groups -OCH3 is 1. The number of nitrogens with one attached hydrogen (secondary N) is 1. The number of H-pyrrole nitrogens is 1. The summed E-state index contributed by atoms with van der Waals surface area (Å²) in [7, 11) is 1.75. The van der Waals surface area contributed by atoms with Crippen LogP contribution < -0.4 is 10.5 Å². The minimum Gasteiger partial charge on any atom is -0.495 e. The Morgan fingerprint density at radius 1 is 0.885 bits per heavy atom. The topological polar surface area (TPSA) is 51.0 Å². The number of aromatic amines is 1. The fourth-order valence-electron chi connectivity index (χ4n) is 3.80. The van der Waals surface area contributed by atoms with Crippen molar-refractivity contribution in [3.8, 4) is 17.0 Å². The van der Waals surface area contributed by atoms with Crippen LogP contribution in [0.2, 0.25) is 0 Å². The van der Waals surface area contributed by atoms with Gasteiger partial charge in [-0.05, 0) is 48.9 Å². The highest BCUT2D eigenvalue weighted by Gasteiger charge is 2.17. The van der Waals surface area contributed by atoms with Crippen LogP contribution in [0.1, 0.15) is 18.4 Å². The third-order valence-electron chi connectivity index (χ3n) is 5.05. The van der Waals surface area contributed by atoms with Gasteiger partial charge < -0.3 is 15.5 Å². The zero-order valence-corrected chi connectivity index (χ0v) is 15.1. The summed E-state index contributed by atoms with van der Waals surface area (Å²) in [5.41, 5.74) is 10.5. The number of hydrogen-bond donors (Lipinski definition) is 2. The van der Waals surface area contributed by atoms with Gasteiger partial charge in [0.1, 0.15) is 5.75 Å². The van der Waals surface area contributed by atoms with E-state index >= 15 is 0 Å². The zero-order valence-electron chi connectivity index (χ0n) is 15.1. The van der Waals surface area contributed by atoms with Crippen LogP contribution >= 0.6 is 0 Å². The van der Waals surface area contributed by atoms with E-state index in [0.717, 1.165) is 48.2 Å². The predicted octanol–water partition coefficient (Wildman–Crippen LogP) is 5.28. The van der Waals surface area contributed by atoms with Crippen molar-refractivity contribution in [2.45, 2.75) is 19.3 Å². The highest BCUT2D eigenvalue weighted by Crippen LogP contribution is 2.40. The van der Waals surface area contributed by atoms with Gasteiger partial charge >= 0.3 is 0 Å². The molecule has 132 valence electrons. The van der Waals surface area contributed by atoms with Gasteiger partial charge in [0.15, 0.2) is 0 Å². The third-order valence-corrected chi connectivity index (χ3v) is 5.05. The summed E-state index contributed by atoms with van der Waals surface area (Å²) < 4.78 is 5.85. The second-order valence-corrected chi connectivity index (χ2v) is 6.64. The summed E-state index contributed by atoms with van der Waals surface area (Å²) in [4.78, 5) is 3.64. The third kappa shape index (κ3) is 2.85. The summed E-state index contributed by atoms with van der Waals surface area (Å²) in [6, 6.07) is 21.2. The van der Waals surface area contributed by atoms with Gasteiger partial charge in [0.05, 0.1) is 12.8 Å². The maximum Gasteiger partial charge on any atom is 0.136 e. The highest BCUT2D eigenvalue weighted by molar-refractivity contribution is 5.98. The van der Waals surface area contributed by atoms with E-state index in [9.17, 15) is 0 Å². The Morgan fingerprint density at radius 2 is 1.65 bits per heavy atom. The summed E-state index contributed by atoms with van der Waals surface area (Å²) >= 11 is 0.